The molecule has 108 valence electrons. The van der Waals surface area contributed by atoms with Gasteiger partial charge in [0.15, 0.2) is 0 Å². The monoisotopic (exact) mass is 270 g/mol. The lowest BCUT2D eigenvalue weighted by molar-refractivity contribution is -0.227. The Hall–Kier alpha value is -0.780. The molecule has 0 aliphatic heterocycles. The third kappa shape index (κ3) is 7.53. The molecular weight excluding hydrogens is 249 g/mol. The first-order chi connectivity index (χ1) is 7.94. The van der Waals surface area contributed by atoms with Gasteiger partial charge in [-0.15, -0.1) is 0 Å². The molecule has 0 amide bonds. The van der Waals surface area contributed by atoms with Gasteiger partial charge >= 0.3 is 12.1 Å². The Morgan fingerprint density at radius 3 is 2.06 bits per heavy atom. The molecular formula is C12H21F3O3. The summed E-state index contributed by atoms with van der Waals surface area (Å²) in [4.78, 5) is 11.8. The van der Waals surface area contributed by atoms with Gasteiger partial charge in [-0.2, -0.15) is 13.2 Å². The van der Waals surface area contributed by atoms with Crippen LogP contribution in [-0.4, -0.2) is 25.0 Å². The number of hydrogen-bond acceptors (Lipinski definition) is 3. The second-order valence-corrected chi connectivity index (χ2v) is 5.38. The minimum atomic E-state index is -4.42. The summed E-state index contributed by atoms with van der Waals surface area (Å²) < 4.78 is 44.9. The van der Waals surface area contributed by atoms with Gasteiger partial charge in [0.05, 0.1) is 5.41 Å². The molecule has 1 unspecified atom stereocenters. The molecule has 0 saturated heterocycles. The molecule has 0 saturated carbocycles. The van der Waals surface area contributed by atoms with E-state index in [0.29, 0.717) is 12.3 Å². The molecule has 0 fully saturated rings. The van der Waals surface area contributed by atoms with Crippen LogP contribution >= 0.6 is 0 Å². The molecule has 0 aliphatic carbocycles. The summed E-state index contributed by atoms with van der Waals surface area (Å²) in [7, 11) is 0. The van der Waals surface area contributed by atoms with Crippen LogP contribution < -0.4 is 0 Å². The molecule has 1 atom stereocenters. The Morgan fingerprint density at radius 2 is 1.67 bits per heavy atom. The maximum atomic E-state index is 11.9. The van der Waals surface area contributed by atoms with Crippen molar-refractivity contribution in [1.29, 1.82) is 0 Å². The molecule has 3 nitrogen and oxygen atoms in total. The number of ether oxygens (including phenoxy) is 2. The zero-order valence-corrected chi connectivity index (χ0v) is 11.4. The summed E-state index contributed by atoms with van der Waals surface area (Å²) in [5.41, 5.74) is -0.732. The van der Waals surface area contributed by atoms with Crippen molar-refractivity contribution < 1.29 is 27.4 Å². The number of halogens is 3. The molecule has 0 heterocycles. The average Bonchev–Trinajstić information content (AvgIpc) is 2.11. The largest absolute Gasteiger partial charge is 0.436 e. The third-order valence-corrected chi connectivity index (χ3v) is 2.23. The summed E-state index contributed by atoms with van der Waals surface area (Å²) in [6.07, 6.45) is -5.03. The predicted octanol–water partition coefficient (Wildman–Crippen LogP) is 3.53. The Labute approximate surface area is 106 Å². The summed E-state index contributed by atoms with van der Waals surface area (Å²) in [6.45, 7) is 7.16. The molecule has 0 spiro atoms. The third-order valence-electron chi connectivity index (χ3n) is 2.23. The van der Waals surface area contributed by atoms with E-state index < -0.39 is 30.5 Å². The van der Waals surface area contributed by atoms with Gasteiger partial charge in [-0.1, -0.05) is 13.8 Å². The molecule has 0 bridgehead atoms. The van der Waals surface area contributed by atoms with Gasteiger partial charge in [0, 0.05) is 0 Å². The van der Waals surface area contributed by atoms with Crippen molar-refractivity contribution in [3.8, 4) is 0 Å². The van der Waals surface area contributed by atoms with E-state index in [-0.39, 0.29) is 0 Å². The standard InChI is InChI=1S/C12H21F3O3/c1-8(2)6-11(4,5)10(16)18-9(3)17-7-12(13,14)15/h8-9H,6-7H2,1-5H3. The van der Waals surface area contributed by atoms with Crippen LogP contribution in [0.25, 0.3) is 0 Å². The van der Waals surface area contributed by atoms with E-state index in [4.69, 9.17) is 4.74 Å². The van der Waals surface area contributed by atoms with Crippen LogP contribution in [-0.2, 0) is 14.3 Å². The number of hydrogen-bond donors (Lipinski definition) is 0. The van der Waals surface area contributed by atoms with Crippen molar-refractivity contribution >= 4 is 5.97 Å². The molecule has 0 radical (unpaired) electrons. The van der Waals surface area contributed by atoms with E-state index >= 15 is 0 Å². The van der Waals surface area contributed by atoms with Gasteiger partial charge in [-0.3, -0.25) is 4.79 Å². The van der Waals surface area contributed by atoms with E-state index in [1.165, 1.54) is 6.92 Å². The number of carbonyl (C=O) groups is 1. The quantitative estimate of drug-likeness (QED) is 0.547. The van der Waals surface area contributed by atoms with Crippen LogP contribution in [0, 0.1) is 11.3 Å². The maximum Gasteiger partial charge on any atom is 0.411 e. The summed E-state index contributed by atoms with van der Waals surface area (Å²) in [5.74, 6) is -0.259. The van der Waals surface area contributed by atoms with Crippen molar-refractivity contribution in [2.75, 3.05) is 6.61 Å². The van der Waals surface area contributed by atoms with Crippen LogP contribution in [0.5, 0.6) is 0 Å². The van der Waals surface area contributed by atoms with E-state index in [2.05, 4.69) is 4.74 Å². The molecule has 0 aromatic heterocycles. The number of esters is 1. The molecule has 0 aromatic carbocycles. The normalized spacial score (nSPS) is 14.7. The van der Waals surface area contributed by atoms with Crippen LogP contribution in [0.1, 0.15) is 41.0 Å². The highest BCUT2D eigenvalue weighted by Crippen LogP contribution is 2.27. The van der Waals surface area contributed by atoms with Crippen molar-refractivity contribution in [1.82, 2.24) is 0 Å². The fraction of sp³-hybridized carbons (Fsp3) is 0.917. The molecule has 0 N–H and O–H groups in total. The second kappa shape index (κ2) is 6.41. The summed E-state index contributed by atoms with van der Waals surface area (Å²) in [6, 6.07) is 0. The van der Waals surface area contributed by atoms with Gasteiger partial charge in [0.25, 0.3) is 0 Å². The SMILES string of the molecule is CC(C)CC(C)(C)C(=O)OC(C)OCC(F)(F)F. The first kappa shape index (κ1) is 17.2. The maximum absolute atomic E-state index is 11.9. The Morgan fingerprint density at radius 1 is 1.17 bits per heavy atom. The van der Waals surface area contributed by atoms with Crippen LogP contribution in [0.15, 0.2) is 0 Å². The zero-order valence-electron chi connectivity index (χ0n) is 11.4. The molecule has 0 aromatic rings. The van der Waals surface area contributed by atoms with Gasteiger partial charge < -0.3 is 9.47 Å². The summed E-state index contributed by atoms with van der Waals surface area (Å²) >= 11 is 0. The van der Waals surface area contributed by atoms with Gasteiger partial charge in [0.1, 0.15) is 6.61 Å². The molecule has 6 heteroatoms. The topological polar surface area (TPSA) is 35.5 Å². The molecule has 0 rings (SSSR count). The van der Waals surface area contributed by atoms with Crippen molar-refractivity contribution in [3.63, 3.8) is 0 Å². The predicted molar refractivity (Wildman–Crippen MR) is 60.8 cm³/mol. The minimum Gasteiger partial charge on any atom is -0.436 e. The van der Waals surface area contributed by atoms with Crippen LogP contribution in [0.4, 0.5) is 13.2 Å². The lowest BCUT2D eigenvalue weighted by atomic mass is 9.84. The van der Waals surface area contributed by atoms with Gasteiger partial charge in [-0.25, -0.2) is 0 Å². The number of alkyl halides is 3. The Kier molecular flexibility index (Phi) is 6.13. The zero-order chi connectivity index (χ0) is 14.6. The smallest absolute Gasteiger partial charge is 0.411 e. The Bertz CT molecular complexity index is 272. The molecule has 0 aliphatic rings. The van der Waals surface area contributed by atoms with E-state index in [9.17, 15) is 18.0 Å². The van der Waals surface area contributed by atoms with Crippen molar-refractivity contribution in [2.45, 2.75) is 53.5 Å². The first-order valence-corrected chi connectivity index (χ1v) is 5.83. The van der Waals surface area contributed by atoms with Crippen LogP contribution in [0.3, 0.4) is 0 Å². The first-order valence-electron chi connectivity index (χ1n) is 5.83. The molecule has 18 heavy (non-hydrogen) atoms. The van der Waals surface area contributed by atoms with E-state index in [1.54, 1.807) is 13.8 Å². The van der Waals surface area contributed by atoms with E-state index in [0.717, 1.165) is 0 Å². The van der Waals surface area contributed by atoms with Crippen molar-refractivity contribution in [2.24, 2.45) is 11.3 Å². The number of rotatable bonds is 6. The second-order valence-electron chi connectivity index (χ2n) is 5.38. The number of carbonyl (C=O) groups excluding carboxylic acids is 1. The fourth-order valence-electron chi connectivity index (χ4n) is 1.66. The highest BCUT2D eigenvalue weighted by molar-refractivity contribution is 5.75. The highest BCUT2D eigenvalue weighted by atomic mass is 19.4. The van der Waals surface area contributed by atoms with Gasteiger partial charge in [0.2, 0.25) is 6.29 Å². The van der Waals surface area contributed by atoms with Gasteiger partial charge in [-0.05, 0) is 33.1 Å². The highest BCUT2D eigenvalue weighted by Gasteiger charge is 2.33. The van der Waals surface area contributed by atoms with E-state index in [1.807, 2.05) is 13.8 Å². The lowest BCUT2D eigenvalue weighted by Crippen LogP contribution is -2.33. The Balaban J connectivity index is 4.22. The minimum absolute atomic E-state index is 0.291. The summed E-state index contributed by atoms with van der Waals surface area (Å²) in [5, 5.41) is 0. The lowest BCUT2D eigenvalue weighted by Gasteiger charge is -2.26. The fourth-order valence-corrected chi connectivity index (χ4v) is 1.66. The van der Waals surface area contributed by atoms with Crippen LogP contribution in [0.2, 0.25) is 0 Å². The van der Waals surface area contributed by atoms with Crippen molar-refractivity contribution in [3.05, 3.63) is 0 Å². The average molecular weight is 270 g/mol.